The molecule has 1 amide bonds. The Hall–Kier alpha value is -3.67. The predicted octanol–water partition coefficient (Wildman–Crippen LogP) is 8.58. The number of aromatic hydroxyl groups is 1. The fraction of sp³-hybridized carbons (Fsp3) is 0.457. The minimum absolute atomic E-state index is 0.157. The fourth-order valence-corrected chi connectivity index (χ4v) is 4.55. The molecule has 0 aromatic heterocycles. The van der Waals surface area contributed by atoms with E-state index in [9.17, 15) is 9.90 Å². The number of carbonyl (C=O) groups is 1. The van der Waals surface area contributed by atoms with E-state index in [1.807, 2.05) is 67.6 Å². The van der Waals surface area contributed by atoms with Crippen LogP contribution in [-0.4, -0.2) is 23.2 Å². The average Bonchev–Trinajstić information content (AvgIpc) is 2.99. The predicted molar refractivity (Wildman–Crippen MR) is 168 cm³/mol. The van der Waals surface area contributed by atoms with Crippen LogP contribution in [0.25, 0.3) is 0 Å². The lowest BCUT2D eigenvalue weighted by molar-refractivity contribution is -0.127. The van der Waals surface area contributed by atoms with Gasteiger partial charge in [-0.25, -0.2) is 0 Å². The van der Waals surface area contributed by atoms with Crippen molar-refractivity contribution in [1.82, 2.24) is 5.43 Å². The molecule has 0 aliphatic rings. The summed E-state index contributed by atoms with van der Waals surface area (Å²) in [4.78, 5) is 13.2. The van der Waals surface area contributed by atoms with Crippen LogP contribution < -0.4 is 20.3 Å². The molecule has 3 aromatic carbocycles. The molecule has 0 aliphatic carbocycles. The summed E-state index contributed by atoms with van der Waals surface area (Å²) in [5.41, 5.74) is 8.89. The second-order valence-corrected chi connectivity index (χ2v) is 10.8. The monoisotopic (exact) mass is 560 g/mol. The molecule has 222 valence electrons. The summed E-state index contributed by atoms with van der Waals surface area (Å²) in [5, 5.41) is 9.52. The number of benzene rings is 3. The van der Waals surface area contributed by atoms with E-state index in [4.69, 9.17) is 9.47 Å². The molecule has 0 heterocycles. The summed E-state index contributed by atoms with van der Waals surface area (Å²) in [7, 11) is 0. The van der Waals surface area contributed by atoms with Gasteiger partial charge in [0.2, 0.25) is 0 Å². The number of carbonyl (C=O) groups excluding carboxylic acids is 1. The van der Waals surface area contributed by atoms with Gasteiger partial charge < -0.3 is 14.6 Å². The van der Waals surface area contributed by atoms with Crippen molar-refractivity contribution in [3.63, 3.8) is 0 Å². The Kier molecular flexibility index (Phi) is 13.9. The van der Waals surface area contributed by atoms with Gasteiger partial charge in [-0.05, 0) is 92.3 Å². The standard InChI is InChI=1S/C35H48N2O4/c1-4-6-7-8-9-10-11-12-13-34(35(39)37-36-30-18-24-32(25-19-30)40-27(3)5-2)41-33-22-16-29(17-23-33)26-28-14-20-31(38)21-15-28/h14-25,27,34,36,38H,4-13,26H2,1-3H3,(H,37,39). The highest BCUT2D eigenvalue weighted by Crippen LogP contribution is 2.21. The molecule has 3 aromatic rings. The number of ether oxygens (including phenoxy) is 2. The van der Waals surface area contributed by atoms with Crippen LogP contribution in [0, 0.1) is 0 Å². The molecule has 0 spiro atoms. The van der Waals surface area contributed by atoms with E-state index >= 15 is 0 Å². The zero-order valence-corrected chi connectivity index (χ0v) is 25.0. The Morgan fingerprint density at radius 1 is 0.732 bits per heavy atom. The van der Waals surface area contributed by atoms with E-state index in [1.165, 1.54) is 38.5 Å². The van der Waals surface area contributed by atoms with Gasteiger partial charge in [-0.2, -0.15) is 0 Å². The van der Waals surface area contributed by atoms with Crippen molar-refractivity contribution >= 4 is 11.6 Å². The van der Waals surface area contributed by atoms with E-state index in [-0.39, 0.29) is 17.8 Å². The molecule has 0 radical (unpaired) electrons. The number of hydrazine groups is 1. The van der Waals surface area contributed by atoms with Crippen molar-refractivity contribution in [3.05, 3.63) is 83.9 Å². The van der Waals surface area contributed by atoms with Crippen LogP contribution in [-0.2, 0) is 11.2 Å². The number of nitrogens with one attached hydrogen (secondary N) is 2. The average molecular weight is 561 g/mol. The van der Waals surface area contributed by atoms with Gasteiger partial charge in [-0.3, -0.25) is 15.6 Å². The number of phenolic OH excluding ortho intramolecular Hbond substituents is 1. The zero-order valence-electron chi connectivity index (χ0n) is 25.0. The molecule has 2 unspecified atom stereocenters. The second-order valence-electron chi connectivity index (χ2n) is 10.8. The normalized spacial score (nSPS) is 12.4. The minimum Gasteiger partial charge on any atom is -0.508 e. The Bertz CT molecular complexity index is 1130. The summed E-state index contributed by atoms with van der Waals surface area (Å²) in [6.07, 6.45) is 11.5. The topological polar surface area (TPSA) is 79.8 Å². The van der Waals surface area contributed by atoms with E-state index in [0.29, 0.717) is 12.2 Å². The lowest BCUT2D eigenvalue weighted by Crippen LogP contribution is -2.41. The summed E-state index contributed by atoms with van der Waals surface area (Å²) in [5.74, 6) is 1.55. The molecule has 0 bridgehead atoms. The SMILES string of the molecule is CCCCCCCCCCC(Oc1ccc(Cc2ccc(O)cc2)cc1)C(=O)NNc1ccc(OC(C)CC)cc1. The van der Waals surface area contributed by atoms with Crippen LogP contribution in [0.15, 0.2) is 72.8 Å². The molecule has 6 nitrogen and oxygen atoms in total. The Morgan fingerprint density at radius 3 is 1.88 bits per heavy atom. The summed E-state index contributed by atoms with van der Waals surface area (Å²) in [6.45, 7) is 6.37. The van der Waals surface area contributed by atoms with Gasteiger partial charge in [0.1, 0.15) is 17.2 Å². The van der Waals surface area contributed by atoms with Crippen molar-refractivity contribution in [2.45, 2.75) is 104 Å². The number of phenols is 1. The molecule has 0 aliphatic heterocycles. The molecule has 3 N–H and O–H groups in total. The first-order valence-electron chi connectivity index (χ1n) is 15.3. The maximum absolute atomic E-state index is 13.2. The lowest BCUT2D eigenvalue weighted by Gasteiger charge is -2.20. The largest absolute Gasteiger partial charge is 0.508 e. The van der Waals surface area contributed by atoms with Gasteiger partial charge >= 0.3 is 0 Å². The van der Waals surface area contributed by atoms with Gasteiger partial charge in [-0.1, -0.05) is 83.1 Å². The molecule has 0 fully saturated rings. The highest BCUT2D eigenvalue weighted by molar-refractivity contribution is 5.82. The summed E-state index contributed by atoms with van der Waals surface area (Å²) < 4.78 is 12.1. The van der Waals surface area contributed by atoms with Crippen LogP contribution in [0.1, 0.15) is 96.1 Å². The Morgan fingerprint density at radius 2 is 1.27 bits per heavy atom. The highest BCUT2D eigenvalue weighted by Gasteiger charge is 2.20. The lowest BCUT2D eigenvalue weighted by atomic mass is 10.0. The van der Waals surface area contributed by atoms with Gasteiger partial charge in [-0.15, -0.1) is 0 Å². The zero-order chi connectivity index (χ0) is 29.3. The number of unbranched alkanes of at least 4 members (excludes halogenated alkanes) is 7. The molecule has 0 saturated carbocycles. The third kappa shape index (κ3) is 12.2. The van der Waals surface area contributed by atoms with Crippen LogP contribution in [0.3, 0.4) is 0 Å². The number of hydrogen-bond acceptors (Lipinski definition) is 5. The Labute approximate surface area is 246 Å². The van der Waals surface area contributed by atoms with Gasteiger partial charge in [0, 0.05) is 0 Å². The molecule has 0 saturated heterocycles. The first-order valence-corrected chi connectivity index (χ1v) is 15.3. The van der Waals surface area contributed by atoms with Crippen molar-refractivity contribution < 1.29 is 19.4 Å². The van der Waals surface area contributed by atoms with Crippen LogP contribution in [0.4, 0.5) is 5.69 Å². The smallest absolute Gasteiger partial charge is 0.279 e. The van der Waals surface area contributed by atoms with E-state index in [2.05, 4.69) is 24.7 Å². The molecule has 6 heteroatoms. The third-order valence-corrected chi connectivity index (χ3v) is 7.26. The van der Waals surface area contributed by atoms with Crippen molar-refractivity contribution in [2.75, 3.05) is 5.43 Å². The second kappa shape index (κ2) is 17.9. The van der Waals surface area contributed by atoms with Gasteiger partial charge in [0.05, 0.1) is 11.8 Å². The van der Waals surface area contributed by atoms with Crippen LogP contribution in [0.2, 0.25) is 0 Å². The van der Waals surface area contributed by atoms with E-state index in [0.717, 1.165) is 48.2 Å². The quantitative estimate of drug-likeness (QED) is 0.101. The fourth-order valence-electron chi connectivity index (χ4n) is 4.55. The molecule has 3 rings (SSSR count). The number of amides is 1. The molecule has 2 atom stereocenters. The van der Waals surface area contributed by atoms with Crippen molar-refractivity contribution in [2.24, 2.45) is 0 Å². The molecular formula is C35H48N2O4. The number of hydrogen-bond donors (Lipinski definition) is 3. The summed E-state index contributed by atoms with van der Waals surface area (Å²) >= 11 is 0. The van der Waals surface area contributed by atoms with Gasteiger partial charge in [0.15, 0.2) is 6.10 Å². The summed E-state index contributed by atoms with van der Waals surface area (Å²) in [6, 6.07) is 22.7. The molecule has 41 heavy (non-hydrogen) atoms. The Balaban J connectivity index is 1.55. The van der Waals surface area contributed by atoms with Crippen molar-refractivity contribution in [1.29, 1.82) is 0 Å². The van der Waals surface area contributed by atoms with E-state index in [1.54, 1.807) is 12.1 Å². The van der Waals surface area contributed by atoms with Gasteiger partial charge in [0.25, 0.3) is 5.91 Å². The number of rotatable bonds is 19. The maximum atomic E-state index is 13.2. The van der Waals surface area contributed by atoms with Crippen molar-refractivity contribution in [3.8, 4) is 17.2 Å². The maximum Gasteiger partial charge on any atom is 0.279 e. The van der Waals surface area contributed by atoms with Crippen LogP contribution in [0.5, 0.6) is 17.2 Å². The van der Waals surface area contributed by atoms with Crippen LogP contribution >= 0.6 is 0 Å². The molecular weight excluding hydrogens is 512 g/mol. The first-order chi connectivity index (χ1) is 20.0. The number of anilines is 1. The first kappa shape index (κ1) is 31.9. The third-order valence-electron chi connectivity index (χ3n) is 7.26. The van der Waals surface area contributed by atoms with E-state index < -0.39 is 6.10 Å². The highest BCUT2D eigenvalue weighted by atomic mass is 16.5. The minimum atomic E-state index is -0.599.